The molecule has 2 unspecified atom stereocenters. The fourth-order valence-electron chi connectivity index (χ4n) is 2.87. The van der Waals surface area contributed by atoms with E-state index in [1.54, 1.807) is 0 Å². The lowest BCUT2D eigenvalue weighted by atomic mass is 9.92. The van der Waals surface area contributed by atoms with Crippen molar-refractivity contribution in [3.8, 4) is 0 Å². The van der Waals surface area contributed by atoms with Crippen LogP contribution < -0.4 is 5.73 Å². The van der Waals surface area contributed by atoms with Gasteiger partial charge in [-0.15, -0.1) is 5.10 Å². The molecule has 0 aromatic carbocycles. The van der Waals surface area contributed by atoms with Crippen LogP contribution in [-0.2, 0) is 0 Å². The minimum absolute atomic E-state index is 0.294. The molecule has 1 saturated heterocycles. The fourth-order valence-corrected chi connectivity index (χ4v) is 2.87. The molecular weight excluding hydrogens is 226 g/mol. The van der Waals surface area contributed by atoms with E-state index in [9.17, 15) is 0 Å². The predicted octanol–water partition coefficient (Wildman–Crippen LogP) is 1.13. The third-order valence-electron chi connectivity index (χ3n) is 3.91. The van der Waals surface area contributed by atoms with E-state index < -0.39 is 0 Å². The van der Waals surface area contributed by atoms with Crippen LogP contribution in [0.25, 0.3) is 5.52 Å². The van der Waals surface area contributed by atoms with Crippen molar-refractivity contribution in [1.29, 1.82) is 0 Å². The van der Waals surface area contributed by atoms with Crippen molar-refractivity contribution in [3.05, 3.63) is 29.6 Å². The summed E-state index contributed by atoms with van der Waals surface area (Å²) in [6.45, 7) is 3.06. The van der Waals surface area contributed by atoms with E-state index >= 15 is 0 Å². The van der Waals surface area contributed by atoms with Gasteiger partial charge in [0.1, 0.15) is 0 Å². The number of nitrogens with two attached hydrogens (primary N) is 1. The van der Waals surface area contributed by atoms with E-state index in [0.29, 0.717) is 12.1 Å². The largest absolute Gasteiger partial charge is 0.328 e. The van der Waals surface area contributed by atoms with Gasteiger partial charge in [-0.2, -0.15) is 0 Å². The summed E-state index contributed by atoms with van der Waals surface area (Å²) in [5.41, 5.74) is 9.52. The van der Waals surface area contributed by atoms with Crippen LogP contribution >= 0.6 is 0 Å². The minimum atomic E-state index is 0.294. The van der Waals surface area contributed by atoms with Crippen LogP contribution in [-0.4, -0.2) is 39.4 Å². The molecule has 0 bridgehead atoms. The quantitative estimate of drug-likeness (QED) is 0.818. The Kier molecular flexibility index (Phi) is 2.80. The second-order valence-electron chi connectivity index (χ2n) is 5.21. The van der Waals surface area contributed by atoms with Crippen LogP contribution in [0.5, 0.6) is 0 Å². The maximum Gasteiger partial charge on any atom is 0.0941 e. The van der Waals surface area contributed by atoms with Crippen LogP contribution in [0.4, 0.5) is 0 Å². The molecule has 0 aliphatic carbocycles. The third-order valence-corrected chi connectivity index (χ3v) is 3.91. The second kappa shape index (κ2) is 4.33. The highest BCUT2D eigenvalue weighted by atomic mass is 15.4. The zero-order chi connectivity index (χ0) is 12.7. The van der Waals surface area contributed by atoms with Gasteiger partial charge in [-0.3, -0.25) is 4.90 Å². The molecule has 18 heavy (non-hydrogen) atoms. The van der Waals surface area contributed by atoms with Gasteiger partial charge in [0.25, 0.3) is 0 Å². The molecule has 2 N–H and O–H groups in total. The van der Waals surface area contributed by atoms with Crippen molar-refractivity contribution in [2.75, 3.05) is 13.6 Å². The van der Waals surface area contributed by atoms with Crippen molar-refractivity contribution < 1.29 is 0 Å². The van der Waals surface area contributed by atoms with Crippen LogP contribution in [0.1, 0.15) is 30.1 Å². The predicted molar refractivity (Wildman–Crippen MR) is 70.3 cm³/mol. The highest BCUT2D eigenvalue weighted by Crippen LogP contribution is 2.32. The number of piperidine rings is 1. The van der Waals surface area contributed by atoms with Crippen molar-refractivity contribution in [2.45, 2.75) is 31.8 Å². The summed E-state index contributed by atoms with van der Waals surface area (Å²) < 4.78 is 1.86. The van der Waals surface area contributed by atoms with Gasteiger partial charge in [0.05, 0.1) is 11.2 Å². The maximum absolute atomic E-state index is 6.12. The van der Waals surface area contributed by atoms with Crippen LogP contribution in [0.2, 0.25) is 0 Å². The molecule has 0 radical (unpaired) electrons. The maximum atomic E-state index is 6.12. The molecule has 2 aromatic rings. The normalized spacial score (nSPS) is 25.7. The van der Waals surface area contributed by atoms with Gasteiger partial charge in [-0.25, -0.2) is 4.52 Å². The molecule has 2 aromatic heterocycles. The Morgan fingerprint density at radius 2 is 2.28 bits per heavy atom. The Morgan fingerprint density at radius 3 is 3.11 bits per heavy atom. The lowest BCUT2D eigenvalue weighted by Gasteiger charge is -2.36. The van der Waals surface area contributed by atoms with Gasteiger partial charge in [-0.1, -0.05) is 11.3 Å². The number of hydrogen-bond donors (Lipinski definition) is 1. The van der Waals surface area contributed by atoms with E-state index in [1.807, 2.05) is 23.7 Å². The minimum Gasteiger partial charge on any atom is -0.328 e. The Bertz CT molecular complexity index is 562. The molecule has 1 aliphatic rings. The molecule has 0 amide bonds. The topological polar surface area (TPSA) is 59.5 Å². The molecule has 96 valence electrons. The average molecular weight is 245 g/mol. The summed E-state index contributed by atoms with van der Waals surface area (Å²) in [4.78, 5) is 2.38. The van der Waals surface area contributed by atoms with Crippen molar-refractivity contribution in [1.82, 2.24) is 19.7 Å². The first-order valence-electron chi connectivity index (χ1n) is 6.43. The number of nitrogens with zero attached hydrogens (tertiary/aromatic N) is 4. The lowest BCUT2D eigenvalue weighted by molar-refractivity contribution is 0.172. The van der Waals surface area contributed by atoms with Crippen LogP contribution in [0.3, 0.4) is 0 Å². The van der Waals surface area contributed by atoms with E-state index in [2.05, 4.69) is 28.3 Å². The number of hydrogen-bond acceptors (Lipinski definition) is 4. The molecule has 0 saturated carbocycles. The van der Waals surface area contributed by atoms with Gasteiger partial charge >= 0.3 is 0 Å². The molecule has 5 heteroatoms. The Labute approximate surface area is 107 Å². The van der Waals surface area contributed by atoms with Crippen LogP contribution in [0, 0.1) is 6.92 Å². The Hall–Kier alpha value is -1.46. The first kappa shape index (κ1) is 11.6. The van der Waals surface area contributed by atoms with Crippen LogP contribution in [0.15, 0.2) is 18.3 Å². The summed E-state index contributed by atoms with van der Waals surface area (Å²) in [5.74, 6) is 0. The molecule has 0 spiro atoms. The summed E-state index contributed by atoms with van der Waals surface area (Å²) in [6, 6.07) is 4.87. The number of rotatable bonds is 1. The second-order valence-corrected chi connectivity index (χ2v) is 5.21. The average Bonchev–Trinajstić information content (AvgIpc) is 2.75. The summed E-state index contributed by atoms with van der Waals surface area (Å²) >= 11 is 0. The first-order valence-corrected chi connectivity index (χ1v) is 6.43. The smallest absolute Gasteiger partial charge is 0.0941 e. The SMILES string of the molecule is Cc1nnn2cccc(C3CC(N)CCN3C)c12. The lowest BCUT2D eigenvalue weighted by Crippen LogP contribution is -2.40. The molecule has 2 atom stereocenters. The zero-order valence-corrected chi connectivity index (χ0v) is 10.9. The molecule has 1 fully saturated rings. The third kappa shape index (κ3) is 1.79. The number of likely N-dealkylation sites (tertiary alicyclic amines) is 1. The first-order chi connectivity index (χ1) is 8.66. The molecule has 3 heterocycles. The number of aromatic nitrogens is 3. The van der Waals surface area contributed by atoms with Crippen molar-refractivity contribution in [2.24, 2.45) is 5.73 Å². The van der Waals surface area contributed by atoms with E-state index in [-0.39, 0.29) is 0 Å². The summed E-state index contributed by atoms with van der Waals surface area (Å²) in [7, 11) is 2.17. The molecule has 1 aliphatic heterocycles. The van der Waals surface area contributed by atoms with Gasteiger partial charge in [0.15, 0.2) is 0 Å². The standard InChI is InChI=1S/C13H19N5/c1-9-13-11(4-3-6-18(13)16-15-9)12-8-10(14)5-7-17(12)2/h3-4,6,10,12H,5,7-8,14H2,1-2H3. The Morgan fingerprint density at radius 1 is 1.44 bits per heavy atom. The highest BCUT2D eigenvalue weighted by Gasteiger charge is 2.27. The summed E-state index contributed by atoms with van der Waals surface area (Å²) in [5, 5.41) is 8.29. The molecule has 3 rings (SSSR count). The zero-order valence-electron chi connectivity index (χ0n) is 10.9. The van der Waals surface area contributed by atoms with E-state index in [4.69, 9.17) is 5.73 Å². The number of pyridine rings is 1. The van der Waals surface area contributed by atoms with E-state index in [1.165, 1.54) is 5.56 Å². The number of fused-ring (bicyclic) bond motifs is 1. The Balaban J connectivity index is 2.10. The van der Waals surface area contributed by atoms with Gasteiger partial charge in [0.2, 0.25) is 0 Å². The van der Waals surface area contributed by atoms with Gasteiger partial charge in [-0.05, 0) is 45.0 Å². The summed E-state index contributed by atoms with van der Waals surface area (Å²) in [6.07, 6.45) is 4.02. The number of aryl methyl sites for hydroxylation is 1. The highest BCUT2D eigenvalue weighted by molar-refractivity contribution is 5.58. The van der Waals surface area contributed by atoms with Crippen molar-refractivity contribution >= 4 is 5.52 Å². The monoisotopic (exact) mass is 245 g/mol. The molecular formula is C13H19N5. The van der Waals surface area contributed by atoms with Gasteiger partial charge in [0, 0.05) is 18.3 Å². The van der Waals surface area contributed by atoms with Gasteiger partial charge < -0.3 is 5.73 Å². The molecule has 5 nitrogen and oxygen atoms in total. The van der Waals surface area contributed by atoms with E-state index in [0.717, 1.165) is 30.6 Å². The van der Waals surface area contributed by atoms with Crippen molar-refractivity contribution in [3.63, 3.8) is 0 Å². The fraction of sp³-hybridized carbons (Fsp3) is 0.538.